The van der Waals surface area contributed by atoms with Crippen molar-refractivity contribution < 1.29 is 14.3 Å². The van der Waals surface area contributed by atoms with E-state index >= 15 is 0 Å². The molecule has 3 rings (SSSR count). The second-order valence-electron chi connectivity index (χ2n) is 4.25. The Morgan fingerprint density at radius 1 is 1.32 bits per heavy atom. The molecule has 2 heterocycles. The summed E-state index contributed by atoms with van der Waals surface area (Å²) in [6, 6.07) is 7.24. The Morgan fingerprint density at radius 2 is 2.09 bits per heavy atom. The fourth-order valence-electron chi connectivity index (χ4n) is 1.73. The zero-order valence-electron chi connectivity index (χ0n) is 11.7. The molecule has 0 aliphatic carbocycles. The van der Waals surface area contributed by atoms with Crippen molar-refractivity contribution in [3.8, 4) is 11.5 Å². The first-order chi connectivity index (χ1) is 10.8. The van der Waals surface area contributed by atoms with Crippen LogP contribution < -0.4 is 14.8 Å². The smallest absolute Gasteiger partial charge is 0.282 e. The van der Waals surface area contributed by atoms with Gasteiger partial charge in [0.05, 0.1) is 13.7 Å². The number of aromatic nitrogens is 4. The van der Waals surface area contributed by atoms with Gasteiger partial charge in [0.2, 0.25) is 9.97 Å². The van der Waals surface area contributed by atoms with E-state index in [0.29, 0.717) is 28.9 Å². The summed E-state index contributed by atoms with van der Waals surface area (Å²) in [5.41, 5.74) is 0. The molecule has 1 N–H and O–H groups in total. The zero-order chi connectivity index (χ0) is 15.4. The summed E-state index contributed by atoms with van der Waals surface area (Å²) >= 11 is 1.18. The third-order valence-corrected chi connectivity index (χ3v) is 3.71. The third kappa shape index (κ3) is 3.14. The van der Waals surface area contributed by atoms with Crippen LogP contribution in [0.4, 0.5) is 0 Å². The number of ether oxygens (including phenoxy) is 2. The number of rotatable bonds is 6. The second kappa shape index (κ2) is 6.39. The van der Waals surface area contributed by atoms with Crippen molar-refractivity contribution in [2.75, 3.05) is 20.3 Å². The highest BCUT2D eigenvalue weighted by molar-refractivity contribution is 7.18. The van der Waals surface area contributed by atoms with Crippen LogP contribution in [0.1, 0.15) is 9.80 Å². The average Bonchev–Trinajstić information content (AvgIpc) is 3.13. The molecule has 1 amide bonds. The first-order valence-corrected chi connectivity index (χ1v) is 7.30. The fourth-order valence-corrected chi connectivity index (χ4v) is 2.47. The molecule has 0 aliphatic rings. The highest BCUT2D eigenvalue weighted by Gasteiger charge is 2.12. The van der Waals surface area contributed by atoms with Crippen LogP contribution in [-0.4, -0.2) is 46.0 Å². The third-order valence-electron chi connectivity index (χ3n) is 2.80. The van der Waals surface area contributed by atoms with Crippen LogP contribution in [-0.2, 0) is 0 Å². The van der Waals surface area contributed by atoms with Crippen molar-refractivity contribution in [1.82, 2.24) is 25.1 Å². The normalized spacial score (nSPS) is 10.6. The maximum absolute atomic E-state index is 11.9. The summed E-state index contributed by atoms with van der Waals surface area (Å²) in [5, 5.41) is 14.7. The van der Waals surface area contributed by atoms with Gasteiger partial charge in [-0.2, -0.15) is 4.52 Å². The maximum atomic E-state index is 11.9. The molecule has 0 aliphatic heterocycles. The van der Waals surface area contributed by atoms with Crippen molar-refractivity contribution in [3.05, 3.63) is 35.6 Å². The summed E-state index contributed by atoms with van der Waals surface area (Å²) in [5.74, 6) is 1.23. The molecule has 3 aromatic rings. The van der Waals surface area contributed by atoms with Crippen LogP contribution in [0.2, 0.25) is 0 Å². The van der Waals surface area contributed by atoms with Crippen molar-refractivity contribution in [2.24, 2.45) is 0 Å². The van der Waals surface area contributed by atoms with E-state index in [9.17, 15) is 4.79 Å². The van der Waals surface area contributed by atoms with E-state index in [4.69, 9.17) is 9.47 Å². The van der Waals surface area contributed by atoms with Gasteiger partial charge in [0.25, 0.3) is 5.91 Å². The lowest BCUT2D eigenvalue weighted by Gasteiger charge is -2.07. The zero-order valence-corrected chi connectivity index (χ0v) is 12.5. The number of nitrogens with zero attached hydrogens (tertiary/aromatic N) is 4. The van der Waals surface area contributed by atoms with Crippen LogP contribution in [0, 0.1) is 0 Å². The minimum Gasteiger partial charge on any atom is -0.497 e. The van der Waals surface area contributed by atoms with Gasteiger partial charge in [-0.05, 0) is 24.3 Å². The predicted octanol–water partition coefficient (Wildman–Crippen LogP) is 1.00. The summed E-state index contributed by atoms with van der Waals surface area (Å²) in [6.07, 6.45) is 1.45. The minimum absolute atomic E-state index is 0.256. The SMILES string of the molecule is COc1ccc(OCCNC(=O)c2nn3cnnc3s2)cc1. The Labute approximate surface area is 129 Å². The molecule has 114 valence electrons. The van der Waals surface area contributed by atoms with E-state index < -0.39 is 0 Å². The van der Waals surface area contributed by atoms with Crippen LogP contribution in [0.25, 0.3) is 4.96 Å². The number of methoxy groups -OCH3 is 1. The van der Waals surface area contributed by atoms with Gasteiger partial charge in [-0.1, -0.05) is 11.3 Å². The topological polar surface area (TPSA) is 90.6 Å². The molecule has 9 heteroatoms. The van der Waals surface area contributed by atoms with Gasteiger partial charge in [0.15, 0.2) is 0 Å². The van der Waals surface area contributed by atoms with E-state index in [1.54, 1.807) is 7.11 Å². The van der Waals surface area contributed by atoms with Crippen molar-refractivity contribution >= 4 is 22.2 Å². The number of carbonyl (C=O) groups is 1. The molecule has 8 nitrogen and oxygen atoms in total. The molecule has 0 bridgehead atoms. The molecule has 0 spiro atoms. The lowest BCUT2D eigenvalue weighted by Crippen LogP contribution is -2.28. The standard InChI is InChI=1S/C13H13N5O3S/c1-20-9-2-4-10(5-3-9)21-7-6-14-11(19)12-17-18-8-15-16-13(18)22-12/h2-5,8H,6-7H2,1H3,(H,14,19). The molecule has 1 aromatic carbocycles. The monoisotopic (exact) mass is 319 g/mol. The van der Waals surface area contributed by atoms with Gasteiger partial charge in [-0.15, -0.1) is 15.3 Å². The van der Waals surface area contributed by atoms with Gasteiger partial charge in [-0.3, -0.25) is 4.79 Å². The Kier molecular flexibility index (Phi) is 4.15. The van der Waals surface area contributed by atoms with Crippen molar-refractivity contribution in [1.29, 1.82) is 0 Å². The molecule has 0 radical (unpaired) electrons. The molecule has 2 aromatic heterocycles. The van der Waals surface area contributed by atoms with Crippen LogP contribution >= 0.6 is 11.3 Å². The average molecular weight is 319 g/mol. The highest BCUT2D eigenvalue weighted by atomic mass is 32.1. The van der Waals surface area contributed by atoms with Gasteiger partial charge in [-0.25, -0.2) is 0 Å². The van der Waals surface area contributed by atoms with Crippen molar-refractivity contribution in [2.45, 2.75) is 0 Å². The summed E-state index contributed by atoms with van der Waals surface area (Å²) in [6.45, 7) is 0.743. The molecule has 22 heavy (non-hydrogen) atoms. The summed E-state index contributed by atoms with van der Waals surface area (Å²) in [4.78, 5) is 12.5. The van der Waals surface area contributed by atoms with E-state index in [1.165, 1.54) is 22.2 Å². The van der Waals surface area contributed by atoms with E-state index in [-0.39, 0.29) is 5.91 Å². The Balaban J connectivity index is 1.46. The van der Waals surface area contributed by atoms with Gasteiger partial charge in [0, 0.05) is 0 Å². The first-order valence-electron chi connectivity index (χ1n) is 6.48. The van der Waals surface area contributed by atoms with Gasteiger partial charge < -0.3 is 14.8 Å². The Morgan fingerprint density at radius 3 is 2.82 bits per heavy atom. The lowest BCUT2D eigenvalue weighted by molar-refractivity contribution is 0.0945. The van der Waals surface area contributed by atoms with Gasteiger partial charge >= 0.3 is 0 Å². The number of hydrogen-bond donors (Lipinski definition) is 1. The van der Waals surface area contributed by atoms with Crippen LogP contribution in [0.3, 0.4) is 0 Å². The second-order valence-corrected chi connectivity index (χ2v) is 5.20. The van der Waals surface area contributed by atoms with Crippen LogP contribution in [0.5, 0.6) is 11.5 Å². The number of nitrogens with one attached hydrogen (secondary N) is 1. The number of benzene rings is 1. The maximum Gasteiger partial charge on any atom is 0.282 e. The molecular formula is C13H13N5O3S. The number of carbonyl (C=O) groups excluding carboxylic acids is 1. The lowest BCUT2D eigenvalue weighted by atomic mass is 10.3. The van der Waals surface area contributed by atoms with Gasteiger partial charge in [0.1, 0.15) is 24.4 Å². The molecule has 0 saturated carbocycles. The number of amides is 1. The molecular weight excluding hydrogens is 306 g/mol. The fraction of sp³-hybridized carbons (Fsp3) is 0.231. The minimum atomic E-state index is -0.256. The number of hydrogen-bond acceptors (Lipinski definition) is 7. The van der Waals surface area contributed by atoms with Crippen LogP contribution in [0.15, 0.2) is 30.6 Å². The molecule has 0 saturated heterocycles. The van der Waals surface area contributed by atoms with E-state index in [1.807, 2.05) is 24.3 Å². The Bertz CT molecular complexity index is 739. The molecule has 0 atom stereocenters. The predicted molar refractivity (Wildman–Crippen MR) is 79.5 cm³/mol. The van der Waals surface area contributed by atoms with Crippen molar-refractivity contribution in [3.63, 3.8) is 0 Å². The number of fused-ring (bicyclic) bond motifs is 1. The van der Waals surface area contributed by atoms with E-state index in [0.717, 1.165) is 5.75 Å². The summed E-state index contributed by atoms with van der Waals surface area (Å²) < 4.78 is 12.1. The summed E-state index contributed by atoms with van der Waals surface area (Å²) in [7, 11) is 1.61. The Hall–Kier alpha value is -2.68. The largest absolute Gasteiger partial charge is 0.497 e. The molecule has 0 fully saturated rings. The van der Waals surface area contributed by atoms with E-state index in [2.05, 4.69) is 20.6 Å². The quantitative estimate of drug-likeness (QED) is 0.682. The first kappa shape index (κ1) is 14.3. The highest BCUT2D eigenvalue weighted by Crippen LogP contribution is 2.16. The molecule has 0 unspecified atom stereocenters.